The molecule has 6 nitrogen and oxygen atoms in total. The van der Waals surface area contributed by atoms with Gasteiger partial charge in [0.25, 0.3) is 5.91 Å². The number of nitrogen functional groups attached to an aromatic ring is 1. The Balaban J connectivity index is 2.49. The molecule has 0 aliphatic heterocycles. The van der Waals surface area contributed by atoms with Crippen LogP contribution in [0.2, 0.25) is 0 Å². The lowest BCUT2D eigenvalue weighted by Gasteiger charge is -2.19. The van der Waals surface area contributed by atoms with Gasteiger partial charge in [-0.2, -0.15) is 13.2 Å². The smallest absolute Gasteiger partial charge is 0.434 e. The first kappa shape index (κ1) is 19.4. The van der Waals surface area contributed by atoms with Crippen molar-refractivity contribution in [2.24, 2.45) is 5.73 Å². The molecular weight excluding hydrogens is 373 g/mol. The van der Waals surface area contributed by atoms with Crippen LogP contribution in [0.4, 0.5) is 18.9 Å². The maximum atomic E-state index is 13.1. The van der Waals surface area contributed by atoms with Crippen LogP contribution >= 0.6 is 0 Å². The van der Waals surface area contributed by atoms with Gasteiger partial charge in [-0.15, -0.1) is 0 Å². The van der Waals surface area contributed by atoms with Crippen LogP contribution in [0.3, 0.4) is 0 Å². The lowest BCUT2D eigenvalue weighted by atomic mass is 9.90. The van der Waals surface area contributed by atoms with E-state index in [1.54, 1.807) is 19.1 Å². The summed E-state index contributed by atoms with van der Waals surface area (Å²) in [5, 5.41) is 0. The number of nitrogens with zero attached hydrogens (tertiary/aromatic N) is 2. The monoisotopic (exact) mass is 390 g/mol. The second-order valence-corrected chi connectivity index (χ2v) is 6.28. The van der Waals surface area contributed by atoms with E-state index in [1.807, 2.05) is 6.92 Å². The van der Waals surface area contributed by atoms with Crippen LogP contribution in [0.15, 0.2) is 24.4 Å². The predicted molar refractivity (Wildman–Crippen MR) is 98.9 cm³/mol. The van der Waals surface area contributed by atoms with E-state index in [1.165, 1.54) is 7.11 Å². The zero-order valence-corrected chi connectivity index (χ0v) is 15.3. The van der Waals surface area contributed by atoms with Gasteiger partial charge < -0.3 is 16.2 Å². The van der Waals surface area contributed by atoms with Crippen molar-refractivity contribution < 1.29 is 22.7 Å². The van der Waals surface area contributed by atoms with E-state index in [4.69, 9.17) is 16.2 Å². The van der Waals surface area contributed by atoms with Crippen LogP contribution in [-0.4, -0.2) is 23.0 Å². The molecule has 0 radical (unpaired) electrons. The molecule has 0 unspecified atom stereocenters. The molecule has 1 heterocycles. The summed E-state index contributed by atoms with van der Waals surface area (Å²) in [5.74, 6) is -0.324. The van der Waals surface area contributed by atoms with Crippen molar-refractivity contribution in [1.82, 2.24) is 9.97 Å². The number of ether oxygens (including phenoxy) is 1. The van der Waals surface area contributed by atoms with Gasteiger partial charge in [0.05, 0.1) is 35.6 Å². The lowest BCUT2D eigenvalue weighted by molar-refractivity contribution is -0.141. The average molecular weight is 390 g/mol. The van der Waals surface area contributed by atoms with E-state index in [9.17, 15) is 18.0 Å². The minimum absolute atomic E-state index is 0.0218. The van der Waals surface area contributed by atoms with Gasteiger partial charge in [-0.1, -0.05) is 6.07 Å². The van der Waals surface area contributed by atoms with Crippen molar-refractivity contribution >= 4 is 22.6 Å². The number of aromatic nitrogens is 2. The third-order valence-electron chi connectivity index (χ3n) is 4.53. The van der Waals surface area contributed by atoms with Crippen molar-refractivity contribution in [3.05, 3.63) is 46.8 Å². The fourth-order valence-electron chi connectivity index (χ4n) is 3.20. The number of hydrogen-bond donors (Lipinski definition) is 2. The summed E-state index contributed by atoms with van der Waals surface area (Å²) in [7, 11) is 1.50. The number of carbonyl (C=O) groups excluding carboxylic acids is 1. The first-order valence-corrected chi connectivity index (χ1v) is 8.17. The number of amides is 1. The Morgan fingerprint density at radius 1 is 1.18 bits per heavy atom. The lowest BCUT2D eigenvalue weighted by Crippen LogP contribution is -2.16. The number of carbonyl (C=O) groups is 1. The highest BCUT2D eigenvalue weighted by atomic mass is 19.4. The molecule has 3 aromatic rings. The zero-order valence-electron chi connectivity index (χ0n) is 15.3. The van der Waals surface area contributed by atoms with Gasteiger partial charge in [0.1, 0.15) is 5.75 Å². The highest BCUT2D eigenvalue weighted by molar-refractivity contribution is 6.10. The van der Waals surface area contributed by atoms with Gasteiger partial charge >= 0.3 is 6.18 Å². The molecule has 4 N–H and O–H groups in total. The first-order valence-electron chi connectivity index (χ1n) is 8.17. The average Bonchev–Trinajstić information content (AvgIpc) is 2.61. The molecule has 0 spiro atoms. The fraction of sp³-hybridized carbons (Fsp3) is 0.211. The van der Waals surface area contributed by atoms with Crippen LogP contribution < -0.4 is 16.2 Å². The number of primary amides is 1. The van der Waals surface area contributed by atoms with Gasteiger partial charge in [0.2, 0.25) is 0 Å². The Bertz CT molecular complexity index is 1110. The van der Waals surface area contributed by atoms with Crippen LogP contribution in [-0.2, 0) is 6.18 Å². The Kier molecular flexibility index (Phi) is 4.62. The SMILES string of the molecule is COc1ccc(C)c(-c2c(N)c(C(N)=O)cc3nc(C(F)(F)F)cnc23)c1C. The molecule has 0 aliphatic rings. The molecular formula is C19H17F3N4O2. The third-order valence-corrected chi connectivity index (χ3v) is 4.53. The molecule has 1 aromatic heterocycles. The van der Waals surface area contributed by atoms with Crippen LogP contribution in [0, 0.1) is 13.8 Å². The normalized spacial score (nSPS) is 11.6. The van der Waals surface area contributed by atoms with Crippen LogP contribution in [0.5, 0.6) is 5.75 Å². The molecule has 28 heavy (non-hydrogen) atoms. The van der Waals surface area contributed by atoms with Crippen molar-refractivity contribution in [3.63, 3.8) is 0 Å². The quantitative estimate of drug-likeness (QED) is 0.665. The van der Waals surface area contributed by atoms with E-state index in [0.717, 1.165) is 11.6 Å². The molecule has 9 heteroatoms. The van der Waals surface area contributed by atoms with Crippen LogP contribution in [0.25, 0.3) is 22.2 Å². The van der Waals surface area contributed by atoms with Crippen molar-refractivity contribution in [1.29, 1.82) is 0 Å². The van der Waals surface area contributed by atoms with E-state index in [2.05, 4.69) is 9.97 Å². The number of rotatable bonds is 3. The molecule has 0 atom stereocenters. The summed E-state index contributed by atoms with van der Waals surface area (Å²) in [6, 6.07) is 4.67. The highest BCUT2D eigenvalue weighted by Crippen LogP contribution is 2.41. The number of nitrogens with two attached hydrogens (primary N) is 2. The highest BCUT2D eigenvalue weighted by Gasteiger charge is 2.34. The number of anilines is 1. The van der Waals surface area contributed by atoms with Gasteiger partial charge in [-0.3, -0.25) is 9.78 Å². The van der Waals surface area contributed by atoms with Gasteiger partial charge in [-0.25, -0.2) is 4.98 Å². The number of hydrogen-bond acceptors (Lipinski definition) is 5. The molecule has 1 amide bonds. The minimum Gasteiger partial charge on any atom is -0.496 e. The molecule has 0 saturated heterocycles. The number of methoxy groups -OCH3 is 1. The maximum Gasteiger partial charge on any atom is 0.434 e. The van der Waals surface area contributed by atoms with E-state index >= 15 is 0 Å². The Hall–Kier alpha value is -3.36. The van der Waals surface area contributed by atoms with Gasteiger partial charge in [0.15, 0.2) is 5.69 Å². The number of aryl methyl sites for hydroxylation is 1. The number of alkyl halides is 3. The second kappa shape index (κ2) is 6.66. The van der Waals surface area contributed by atoms with E-state index < -0.39 is 17.8 Å². The number of benzene rings is 2. The standard InChI is InChI=1S/C19H17F3N4O2/c1-8-4-5-12(28-3)9(2)14(8)15-16(23)10(18(24)27)6-11-17(15)25-7-13(26-11)19(20,21)22/h4-7H,23H2,1-3H3,(H2,24,27). The minimum atomic E-state index is -4.68. The molecule has 0 saturated carbocycles. The van der Waals surface area contributed by atoms with E-state index in [0.29, 0.717) is 28.6 Å². The molecule has 0 aliphatic carbocycles. The van der Waals surface area contributed by atoms with Crippen LogP contribution in [0.1, 0.15) is 27.2 Å². The number of halogens is 3. The Labute approximate surface area is 158 Å². The van der Waals surface area contributed by atoms with Crippen molar-refractivity contribution in [2.45, 2.75) is 20.0 Å². The van der Waals surface area contributed by atoms with E-state index in [-0.39, 0.29) is 22.3 Å². The molecule has 3 rings (SSSR count). The van der Waals surface area contributed by atoms with Gasteiger partial charge in [-0.05, 0) is 42.7 Å². The topological polar surface area (TPSA) is 104 Å². The molecule has 146 valence electrons. The predicted octanol–water partition coefficient (Wildman–Crippen LogP) is 3.62. The third kappa shape index (κ3) is 3.08. The summed E-state index contributed by atoms with van der Waals surface area (Å²) in [5.41, 5.74) is 12.7. The Morgan fingerprint density at radius 3 is 2.43 bits per heavy atom. The van der Waals surface area contributed by atoms with Crippen molar-refractivity contribution in [3.8, 4) is 16.9 Å². The summed E-state index contributed by atoms with van der Waals surface area (Å²) >= 11 is 0. The maximum absolute atomic E-state index is 13.1. The first-order chi connectivity index (χ1) is 13.1. The zero-order chi connectivity index (χ0) is 20.8. The molecule has 0 fully saturated rings. The van der Waals surface area contributed by atoms with Crippen molar-refractivity contribution in [2.75, 3.05) is 12.8 Å². The molecule has 2 aromatic carbocycles. The largest absolute Gasteiger partial charge is 0.496 e. The summed E-state index contributed by atoms with van der Waals surface area (Å²) in [4.78, 5) is 19.5. The summed E-state index contributed by atoms with van der Waals surface area (Å²) in [6.45, 7) is 3.59. The Morgan fingerprint density at radius 2 is 1.86 bits per heavy atom. The van der Waals surface area contributed by atoms with Gasteiger partial charge in [0, 0.05) is 5.56 Å². The summed E-state index contributed by atoms with van der Waals surface area (Å²) in [6.07, 6.45) is -4.04. The molecule has 0 bridgehead atoms. The number of fused-ring (bicyclic) bond motifs is 1. The fourth-order valence-corrected chi connectivity index (χ4v) is 3.20. The second-order valence-electron chi connectivity index (χ2n) is 6.28. The summed E-state index contributed by atoms with van der Waals surface area (Å²) < 4.78 is 44.5.